The first kappa shape index (κ1) is 15.4. The van der Waals surface area contributed by atoms with E-state index in [1.54, 1.807) is 0 Å². The van der Waals surface area contributed by atoms with E-state index in [4.69, 9.17) is 5.73 Å². The molecule has 0 spiro atoms. The van der Waals surface area contributed by atoms with Crippen molar-refractivity contribution in [1.82, 2.24) is 9.97 Å². The number of aromatic nitrogens is 2. The highest BCUT2D eigenvalue weighted by Gasteiger charge is 2.11. The molecule has 1 aromatic rings. The van der Waals surface area contributed by atoms with Gasteiger partial charge in [0.25, 0.3) is 0 Å². The molecule has 4 heteroatoms. The monoisotopic (exact) mass is 267 g/mol. The third-order valence-corrected chi connectivity index (χ3v) is 4.16. The summed E-state index contributed by atoms with van der Waals surface area (Å²) in [6.07, 6.45) is 2.19. The summed E-state index contributed by atoms with van der Waals surface area (Å²) in [5.41, 5.74) is 9.20. The molecule has 3 nitrogen and oxygen atoms in total. The largest absolute Gasteiger partial charge is 0.330 e. The normalized spacial score (nSPS) is 12.7. The van der Waals surface area contributed by atoms with Gasteiger partial charge in [0.15, 0.2) is 0 Å². The Hall–Kier alpha value is -0.610. The van der Waals surface area contributed by atoms with E-state index < -0.39 is 0 Å². The number of hydrogen-bond acceptors (Lipinski definition) is 4. The summed E-state index contributed by atoms with van der Waals surface area (Å²) in [6.45, 7) is 9.25. The molecular weight excluding hydrogens is 242 g/mol. The van der Waals surface area contributed by atoms with Crippen LogP contribution >= 0.6 is 11.8 Å². The molecule has 1 heterocycles. The number of nitrogens with two attached hydrogens (primary N) is 1. The predicted octanol–water partition coefficient (Wildman–Crippen LogP) is 2.87. The van der Waals surface area contributed by atoms with E-state index in [1.165, 1.54) is 17.7 Å². The Morgan fingerprint density at radius 1 is 1.22 bits per heavy atom. The molecule has 1 unspecified atom stereocenters. The molecule has 0 bridgehead atoms. The quantitative estimate of drug-likeness (QED) is 0.772. The topological polar surface area (TPSA) is 51.8 Å². The minimum absolute atomic E-state index is 0.492. The van der Waals surface area contributed by atoms with Crippen LogP contribution in [-0.4, -0.2) is 22.3 Å². The maximum atomic E-state index is 5.69. The van der Waals surface area contributed by atoms with E-state index in [-0.39, 0.29) is 0 Å². The number of hydrogen-bond donors (Lipinski definition) is 1. The summed E-state index contributed by atoms with van der Waals surface area (Å²) in [5.74, 6) is 3.55. The summed E-state index contributed by atoms with van der Waals surface area (Å²) in [7, 11) is 0. The highest BCUT2D eigenvalue weighted by Crippen LogP contribution is 2.17. The Kier molecular flexibility index (Phi) is 6.65. The van der Waals surface area contributed by atoms with E-state index in [9.17, 15) is 0 Å². The molecule has 0 aliphatic heterocycles. The first-order valence-electron chi connectivity index (χ1n) is 6.69. The van der Waals surface area contributed by atoms with Crippen LogP contribution in [0.1, 0.15) is 43.0 Å². The van der Waals surface area contributed by atoms with Gasteiger partial charge in [-0.15, -0.1) is 0 Å². The van der Waals surface area contributed by atoms with Gasteiger partial charge < -0.3 is 5.73 Å². The summed E-state index contributed by atoms with van der Waals surface area (Å²) in [4.78, 5) is 9.24. The molecule has 0 saturated carbocycles. The fourth-order valence-corrected chi connectivity index (χ4v) is 2.65. The molecule has 0 amide bonds. The smallest absolute Gasteiger partial charge is 0.138 e. The summed E-state index contributed by atoms with van der Waals surface area (Å²) >= 11 is 1.90. The van der Waals surface area contributed by atoms with Crippen molar-refractivity contribution in [3.63, 3.8) is 0 Å². The Morgan fingerprint density at radius 2 is 1.83 bits per heavy atom. The number of thioether (sulfide) groups is 1. The van der Waals surface area contributed by atoms with E-state index >= 15 is 0 Å². The first-order chi connectivity index (χ1) is 8.58. The first-order valence-corrected chi connectivity index (χ1v) is 7.84. The fraction of sp³-hybridized carbons (Fsp3) is 0.714. The maximum Gasteiger partial charge on any atom is 0.138 e. The molecule has 0 fully saturated rings. The molecule has 18 heavy (non-hydrogen) atoms. The highest BCUT2D eigenvalue weighted by atomic mass is 32.2. The van der Waals surface area contributed by atoms with Gasteiger partial charge >= 0.3 is 0 Å². The van der Waals surface area contributed by atoms with Crippen molar-refractivity contribution in [3.8, 4) is 0 Å². The van der Waals surface area contributed by atoms with Crippen molar-refractivity contribution in [2.75, 3.05) is 12.3 Å². The zero-order chi connectivity index (χ0) is 13.5. The van der Waals surface area contributed by atoms with Crippen LogP contribution in [-0.2, 0) is 12.2 Å². The third kappa shape index (κ3) is 4.58. The third-order valence-electron chi connectivity index (χ3n) is 3.00. The highest BCUT2D eigenvalue weighted by molar-refractivity contribution is 7.98. The summed E-state index contributed by atoms with van der Waals surface area (Å²) < 4.78 is 0. The molecule has 1 rings (SSSR count). The van der Waals surface area contributed by atoms with Crippen LogP contribution in [0.4, 0.5) is 0 Å². The van der Waals surface area contributed by atoms with Crippen LogP contribution in [0.3, 0.4) is 0 Å². The van der Waals surface area contributed by atoms with Crippen molar-refractivity contribution in [1.29, 1.82) is 0 Å². The number of aryl methyl sites for hydroxylation is 2. The van der Waals surface area contributed by atoms with Crippen LogP contribution in [0.15, 0.2) is 0 Å². The Bertz CT molecular complexity index is 356. The number of nitrogens with zero attached hydrogens (tertiary/aromatic N) is 2. The molecule has 102 valence electrons. The van der Waals surface area contributed by atoms with E-state index in [0.29, 0.717) is 12.5 Å². The lowest BCUT2D eigenvalue weighted by Gasteiger charge is -2.14. The standard InChI is InChI=1S/C14H25N3S/c1-5-6-18-9-14-16-11(3)13(12(4)17-14)7-10(2)8-15/h10H,5-9,15H2,1-4H3. The average molecular weight is 267 g/mol. The SMILES string of the molecule is CCCSCc1nc(C)c(CC(C)CN)c(C)n1. The molecule has 0 saturated heterocycles. The Balaban J connectivity index is 2.77. The van der Waals surface area contributed by atoms with Gasteiger partial charge in [-0.2, -0.15) is 11.8 Å². The zero-order valence-electron chi connectivity index (χ0n) is 12.0. The van der Waals surface area contributed by atoms with Gasteiger partial charge in [0, 0.05) is 11.4 Å². The summed E-state index contributed by atoms with van der Waals surface area (Å²) in [5, 5.41) is 0. The van der Waals surface area contributed by atoms with Crippen LogP contribution in [0.2, 0.25) is 0 Å². The van der Waals surface area contributed by atoms with Gasteiger partial charge in [-0.3, -0.25) is 0 Å². The molecule has 0 aromatic carbocycles. The maximum absolute atomic E-state index is 5.69. The lowest BCUT2D eigenvalue weighted by molar-refractivity contribution is 0.585. The van der Waals surface area contributed by atoms with Gasteiger partial charge in [-0.25, -0.2) is 9.97 Å². The van der Waals surface area contributed by atoms with Gasteiger partial charge in [-0.05, 0) is 50.5 Å². The Labute approximate surface area is 115 Å². The molecule has 1 aromatic heterocycles. The molecule has 1 atom stereocenters. The molecule has 0 aliphatic carbocycles. The molecule has 0 aliphatic rings. The van der Waals surface area contributed by atoms with Crippen LogP contribution < -0.4 is 5.73 Å². The van der Waals surface area contributed by atoms with E-state index in [2.05, 4.69) is 37.7 Å². The Morgan fingerprint density at radius 3 is 2.33 bits per heavy atom. The molecular formula is C14H25N3S. The second kappa shape index (κ2) is 7.74. The molecule has 2 N–H and O–H groups in total. The van der Waals surface area contributed by atoms with Gasteiger partial charge in [-0.1, -0.05) is 13.8 Å². The second-order valence-corrected chi connectivity index (χ2v) is 5.99. The average Bonchev–Trinajstić information content (AvgIpc) is 2.34. The predicted molar refractivity (Wildman–Crippen MR) is 79.9 cm³/mol. The van der Waals surface area contributed by atoms with Gasteiger partial charge in [0.05, 0.1) is 5.75 Å². The summed E-state index contributed by atoms with van der Waals surface area (Å²) in [6, 6.07) is 0. The van der Waals surface area contributed by atoms with Gasteiger partial charge in [0.1, 0.15) is 5.82 Å². The molecule has 0 radical (unpaired) electrons. The lowest BCUT2D eigenvalue weighted by Crippen LogP contribution is -2.16. The van der Waals surface area contributed by atoms with Crippen LogP contribution in [0, 0.1) is 19.8 Å². The van der Waals surface area contributed by atoms with Crippen LogP contribution in [0.5, 0.6) is 0 Å². The van der Waals surface area contributed by atoms with E-state index in [1.807, 2.05) is 11.8 Å². The van der Waals surface area contributed by atoms with Crippen molar-refractivity contribution in [3.05, 3.63) is 22.8 Å². The minimum atomic E-state index is 0.492. The van der Waals surface area contributed by atoms with Gasteiger partial charge in [0.2, 0.25) is 0 Å². The van der Waals surface area contributed by atoms with Crippen molar-refractivity contribution >= 4 is 11.8 Å². The van der Waals surface area contributed by atoms with Crippen molar-refractivity contribution in [2.45, 2.75) is 46.3 Å². The van der Waals surface area contributed by atoms with Crippen molar-refractivity contribution < 1.29 is 0 Å². The van der Waals surface area contributed by atoms with Crippen molar-refractivity contribution in [2.24, 2.45) is 11.7 Å². The van der Waals surface area contributed by atoms with E-state index in [0.717, 1.165) is 29.4 Å². The zero-order valence-corrected chi connectivity index (χ0v) is 12.8. The van der Waals surface area contributed by atoms with Crippen LogP contribution in [0.25, 0.3) is 0 Å². The second-order valence-electron chi connectivity index (χ2n) is 4.89. The fourth-order valence-electron chi connectivity index (χ4n) is 1.91. The minimum Gasteiger partial charge on any atom is -0.330 e. The lowest BCUT2D eigenvalue weighted by atomic mass is 9.99. The number of rotatable bonds is 7.